The first kappa shape index (κ1) is 9.85. The van der Waals surface area contributed by atoms with E-state index in [1.54, 1.807) is 0 Å². The number of aryl methyl sites for hydroxylation is 1. The van der Waals surface area contributed by atoms with Gasteiger partial charge in [-0.05, 0) is 38.3 Å². The van der Waals surface area contributed by atoms with E-state index in [0.717, 1.165) is 29.7 Å². The topological polar surface area (TPSA) is 37.9 Å². The summed E-state index contributed by atoms with van der Waals surface area (Å²) >= 11 is 0. The number of fused-ring (bicyclic) bond motifs is 1. The zero-order valence-corrected chi connectivity index (χ0v) is 9.66. The molecule has 2 unspecified atom stereocenters. The minimum absolute atomic E-state index is 0.154. The Morgan fingerprint density at radius 2 is 2.25 bits per heavy atom. The van der Waals surface area contributed by atoms with E-state index < -0.39 is 0 Å². The maximum atomic E-state index is 5.82. The Hall–Kier alpha value is -1.35. The van der Waals surface area contributed by atoms with Gasteiger partial charge in [0.2, 0.25) is 0 Å². The van der Waals surface area contributed by atoms with Gasteiger partial charge in [0.05, 0.1) is 17.1 Å². The number of imidazole rings is 1. The molecule has 2 atom stereocenters. The molecule has 0 aliphatic carbocycles. The van der Waals surface area contributed by atoms with Crippen molar-refractivity contribution in [3.8, 4) is 0 Å². The molecule has 1 aromatic carbocycles. The summed E-state index contributed by atoms with van der Waals surface area (Å²) < 4.78 is 5.82. The Kier molecular flexibility index (Phi) is 2.21. The van der Waals surface area contributed by atoms with Gasteiger partial charge < -0.3 is 9.72 Å². The van der Waals surface area contributed by atoms with Crippen LogP contribution in [0, 0.1) is 6.92 Å². The molecule has 0 radical (unpaired) electrons. The number of aromatic nitrogens is 2. The lowest BCUT2D eigenvalue weighted by atomic mass is 10.2. The van der Waals surface area contributed by atoms with Crippen LogP contribution in [0.4, 0.5) is 0 Å². The van der Waals surface area contributed by atoms with E-state index in [-0.39, 0.29) is 6.10 Å². The van der Waals surface area contributed by atoms with Crippen LogP contribution < -0.4 is 0 Å². The van der Waals surface area contributed by atoms with Crippen LogP contribution in [0.3, 0.4) is 0 Å². The van der Waals surface area contributed by atoms with Crippen LogP contribution in [0.5, 0.6) is 0 Å². The van der Waals surface area contributed by atoms with Gasteiger partial charge in [-0.25, -0.2) is 4.98 Å². The molecule has 0 amide bonds. The van der Waals surface area contributed by atoms with Crippen LogP contribution in [0.2, 0.25) is 0 Å². The number of benzene rings is 1. The molecule has 3 heteroatoms. The first-order chi connectivity index (χ1) is 7.74. The molecule has 84 valence electrons. The summed E-state index contributed by atoms with van der Waals surface area (Å²) in [6, 6.07) is 6.21. The van der Waals surface area contributed by atoms with Gasteiger partial charge in [0.25, 0.3) is 0 Å². The van der Waals surface area contributed by atoms with Crippen LogP contribution in [0.25, 0.3) is 11.0 Å². The SMILES string of the molecule is Cc1cccc2[nH]c(C3CCC(C)O3)nc12. The third kappa shape index (κ3) is 1.52. The second kappa shape index (κ2) is 3.59. The molecule has 1 saturated heterocycles. The molecule has 0 spiro atoms. The van der Waals surface area contributed by atoms with E-state index in [9.17, 15) is 0 Å². The number of hydrogen-bond acceptors (Lipinski definition) is 2. The Morgan fingerprint density at radius 1 is 1.38 bits per heavy atom. The summed E-state index contributed by atoms with van der Waals surface area (Å²) in [6.45, 7) is 4.21. The minimum Gasteiger partial charge on any atom is -0.367 e. The van der Waals surface area contributed by atoms with E-state index >= 15 is 0 Å². The third-order valence-corrected chi connectivity index (χ3v) is 3.27. The van der Waals surface area contributed by atoms with Crippen molar-refractivity contribution in [3.05, 3.63) is 29.6 Å². The maximum absolute atomic E-state index is 5.82. The lowest BCUT2D eigenvalue weighted by Gasteiger charge is -2.06. The van der Waals surface area contributed by atoms with Gasteiger partial charge in [0.15, 0.2) is 0 Å². The van der Waals surface area contributed by atoms with E-state index in [1.807, 2.05) is 0 Å². The van der Waals surface area contributed by atoms with Crippen LogP contribution in [-0.2, 0) is 4.74 Å². The summed E-state index contributed by atoms with van der Waals surface area (Å²) in [5.41, 5.74) is 3.39. The van der Waals surface area contributed by atoms with Gasteiger partial charge in [0.1, 0.15) is 11.9 Å². The van der Waals surface area contributed by atoms with Crippen LogP contribution >= 0.6 is 0 Å². The Labute approximate surface area is 94.8 Å². The smallest absolute Gasteiger partial charge is 0.136 e. The van der Waals surface area contributed by atoms with E-state index in [0.29, 0.717) is 6.10 Å². The number of rotatable bonds is 1. The van der Waals surface area contributed by atoms with Crippen molar-refractivity contribution in [1.29, 1.82) is 0 Å². The summed E-state index contributed by atoms with van der Waals surface area (Å²) in [7, 11) is 0. The maximum Gasteiger partial charge on any atom is 0.136 e. The van der Waals surface area contributed by atoms with Gasteiger partial charge in [-0.2, -0.15) is 0 Å². The van der Waals surface area contributed by atoms with Gasteiger partial charge in [-0.15, -0.1) is 0 Å². The number of H-pyrrole nitrogens is 1. The largest absolute Gasteiger partial charge is 0.367 e. The average molecular weight is 216 g/mol. The number of aromatic amines is 1. The van der Waals surface area contributed by atoms with Gasteiger partial charge in [-0.3, -0.25) is 0 Å². The quantitative estimate of drug-likeness (QED) is 0.795. The summed E-state index contributed by atoms with van der Waals surface area (Å²) in [6.07, 6.45) is 2.71. The highest BCUT2D eigenvalue weighted by molar-refractivity contribution is 5.78. The Morgan fingerprint density at radius 3 is 2.94 bits per heavy atom. The number of ether oxygens (including phenoxy) is 1. The normalized spacial score (nSPS) is 25.4. The summed E-state index contributed by atoms with van der Waals surface area (Å²) in [5.74, 6) is 0.980. The molecule has 3 rings (SSSR count). The lowest BCUT2D eigenvalue weighted by Crippen LogP contribution is -2.02. The van der Waals surface area contributed by atoms with E-state index in [1.165, 1.54) is 5.56 Å². The molecular weight excluding hydrogens is 200 g/mol. The molecule has 1 aromatic heterocycles. The number of hydrogen-bond donors (Lipinski definition) is 1. The van der Waals surface area contributed by atoms with Crippen LogP contribution in [-0.4, -0.2) is 16.1 Å². The predicted molar refractivity (Wildman–Crippen MR) is 63.4 cm³/mol. The van der Waals surface area contributed by atoms with Crippen molar-refractivity contribution in [2.24, 2.45) is 0 Å². The van der Waals surface area contributed by atoms with Crippen molar-refractivity contribution in [1.82, 2.24) is 9.97 Å². The predicted octanol–water partition coefficient (Wildman–Crippen LogP) is 3.11. The zero-order chi connectivity index (χ0) is 11.1. The average Bonchev–Trinajstić information content (AvgIpc) is 2.84. The van der Waals surface area contributed by atoms with Gasteiger partial charge in [-0.1, -0.05) is 12.1 Å². The van der Waals surface area contributed by atoms with Crippen molar-refractivity contribution < 1.29 is 4.74 Å². The van der Waals surface area contributed by atoms with Crippen molar-refractivity contribution in [2.45, 2.75) is 38.9 Å². The van der Waals surface area contributed by atoms with Crippen molar-refractivity contribution in [3.63, 3.8) is 0 Å². The fourth-order valence-electron chi connectivity index (χ4n) is 2.35. The standard InChI is InChI=1S/C13H16N2O/c1-8-4-3-5-10-12(8)15-13(14-10)11-7-6-9(2)16-11/h3-5,9,11H,6-7H2,1-2H3,(H,14,15). The highest BCUT2D eigenvalue weighted by atomic mass is 16.5. The zero-order valence-electron chi connectivity index (χ0n) is 9.66. The highest BCUT2D eigenvalue weighted by Crippen LogP contribution is 2.32. The van der Waals surface area contributed by atoms with E-state index in [4.69, 9.17) is 4.74 Å². The number of para-hydroxylation sites is 1. The van der Waals surface area contributed by atoms with Crippen LogP contribution in [0.1, 0.15) is 37.3 Å². The third-order valence-electron chi connectivity index (χ3n) is 3.27. The molecule has 1 aliphatic heterocycles. The highest BCUT2D eigenvalue weighted by Gasteiger charge is 2.25. The van der Waals surface area contributed by atoms with E-state index in [2.05, 4.69) is 42.0 Å². The minimum atomic E-state index is 0.154. The number of nitrogens with one attached hydrogen (secondary N) is 1. The van der Waals surface area contributed by atoms with Crippen molar-refractivity contribution >= 4 is 11.0 Å². The summed E-state index contributed by atoms with van der Waals surface area (Å²) in [4.78, 5) is 8.01. The van der Waals surface area contributed by atoms with Crippen molar-refractivity contribution in [2.75, 3.05) is 0 Å². The molecule has 0 bridgehead atoms. The second-order valence-corrected chi connectivity index (χ2v) is 4.61. The fraction of sp³-hybridized carbons (Fsp3) is 0.462. The molecule has 2 heterocycles. The van der Waals surface area contributed by atoms with Gasteiger partial charge >= 0.3 is 0 Å². The summed E-state index contributed by atoms with van der Waals surface area (Å²) in [5, 5.41) is 0. The fourth-order valence-corrected chi connectivity index (χ4v) is 2.35. The molecule has 1 N–H and O–H groups in total. The number of nitrogens with zero attached hydrogens (tertiary/aromatic N) is 1. The molecular formula is C13H16N2O. The molecule has 1 fully saturated rings. The van der Waals surface area contributed by atoms with Crippen LogP contribution in [0.15, 0.2) is 18.2 Å². The molecule has 0 saturated carbocycles. The molecule has 2 aromatic rings. The molecule has 1 aliphatic rings. The monoisotopic (exact) mass is 216 g/mol. The molecule has 16 heavy (non-hydrogen) atoms. The Balaban J connectivity index is 2.02. The molecule has 3 nitrogen and oxygen atoms in total. The lowest BCUT2D eigenvalue weighted by molar-refractivity contribution is 0.0510. The Bertz CT molecular complexity index is 518. The second-order valence-electron chi connectivity index (χ2n) is 4.61. The first-order valence-corrected chi connectivity index (χ1v) is 5.85. The van der Waals surface area contributed by atoms with Gasteiger partial charge in [0, 0.05) is 0 Å². The first-order valence-electron chi connectivity index (χ1n) is 5.85.